The molecule has 0 bridgehead atoms. The molecule has 0 amide bonds. The van der Waals surface area contributed by atoms with Crippen molar-refractivity contribution in [1.29, 1.82) is 0 Å². The Morgan fingerprint density at radius 3 is 2.25 bits per heavy atom. The summed E-state index contributed by atoms with van der Waals surface area (Å²) < 4.78 is 0. The van der Waals surface area contributed by atoms with Crippen LogP contribution in [0.3, 0.4) is 0 Å². The summed E-state index contributed by atoms with van der Waals surface area (Å²) in [5, 5.41) is 0. The zero-order valence-electron chi connectivity index (χ0n) is 15.3. The van der Waals surface area contributed by atoms with Crippen LogP contribution in [0.2, 0.25) is 0 Å². The normalized spacial score (nSPS) is 19.1. The van der Waals surface area contributed by atoms with Gasteiger partial charge in [0.15, 0.2) is 0 Å². The molecule has 0 aromatic heterocycles. The van der Waals surface area contributed by atoms with Crippen LogP contribution in [0.4, 0.5) is 0 Å². The summed E-state index contributed by atoms with van der Waals surface area (Å²) in [4.78, 5) is 0. The van der Waals surface area contributed by atoms with E-state index < -0.39 is 0 Å². The van der Waals surface area contributed by atoms with E-state index in [2.05, 4.69) is 87.1 Å². The van der Waals surface area contributed by atoms with Crippen molar-refractivity contribution in [3.63, 3.8) is 0 Å². The largest absolute Gasteiger partial charge is 0.156 e. The van der Waals surface area contributed by atoms with Crippen LogP contribution >= 0.6 is 11.8 Å². The molecule has 1 heteroatoms. The van der Waals surface area contributed by atoms with Crippen LogP contribution in [-0.4, -0.2) is 5.75 Å². The highest BCUT2D eigenvalue weighted by Gasteiger charge is 2.46. The molecule has 1 atom stereocenters. The Morgan fingerprint density at radius 1 is 0.958 bits per heavy atom. The summed E-state index contributed by atoms with van der Waals surface area (Å²) in [5.74, 6) is 2.31. The van der Waals surface area contributed by atoms with Gasteiger partial charge in [0.05, 0.1) is 0 Å². The molecule has 24 heavy (non-hydrogen) atoms. The molecule has 0 nitrogen and oxygen atoms in total. The van der Waals surface area contributed by atoms with Crippen molar-refractivity contribution in [1.82, 2.24) is 0 Å². The highest BCUT2D eigenvalue weighted by molar-refractivity contribution is 7.98. The first kappa shape index (κ1) is 17.6. The van der Waals surface area contributed by atoms with Crippen LogP contribution in [0.1, 0.15) is 56.2 Å². The van der Waals surface area contributed by atoms with E-state index in [-0.39, 0.29) is 5.41 Å². The topological polar surface area (TPSA) is 0 Å². The van der Waals surface area contributed by atoms with Gasteiger partial charge in [-0.05, 0) is 41.9 Å². The van der Waals surface area contributed by atoms with Crippen LogP contribution in [0, 0.1) is 12.3 Å². The lowest BCUT2D eigenvalue weighted by Crippen LogP contribution is -2.42. The fourth-order valence-corrected chi connectivity index (χ4v) is 5.83. The number of hydrogen-bond acceptors (Lipinski definition) is 1. The third kappa shape index (κ3) is 3.42. The van der Waals surface area contributed by atoms with Gasteiger partial charge in [0, 0.05) is 16.9 Å². The Morgan fingerprint density at radius 2 is 1.58 bits per heavy atom. The molecule has 1 aliphatic rings. The van der Waals surface area contributed by atoms with Gasteiger partial charge in [-0.2, -0.15) is 11.8 Å². The smallest absolute Gasteiger partial charge is 0.0187 e. The summed E-state index contributed by atoms with van der Waals surface area (Å²) in [6.45, 7) is 7.27. The molecule has 1 unspecified atom stereocenters. The molecule has 0 saturated heterocycles. The summed E-state index contributed by atoms with van der Waals surface area (Å²) in [5.41, 5.74) is 5.09. The van der Waals surface area contributed by atoms with Crippen LogP contribution in [0.5, 0.6) is 0 Å². The van der Waals surface area contributed by atoms with Crippen molar-refractivity contribution in [3.05, 3.63) is 71.3 Å². The van der Waals surface area contributed by atoms with Crippen LogP contribution in [0.15, 0.2) is 54.6 Å². The zero-order chi connectivity index (χ0) is 17.0. The lowest BCUT2D eigenvalue weighted by molar-refractivity contribution is 0.183. The van der Waals surface area contributed by atoms with Gasteiger partial charge in [0.25, 0.3) is 0 Å². The standard InChI is InChI=1S/C23H30S/c1-19-11-7-8-12-20(19)17-24-18-23(3,21-13-5-4-6-14-21)22(2)15-9-10-16-22/h4-8,11-14H,9-10,15-18H2,1-3H3. The molecule has 1 saturated carbocycles. The van der Waals surface area contributed by atoms with E-state index >= 15 is 0 Å². The Kier molecular flexibility index (Phi) is 5.39. The third-order valence-electron chi connectivity index (χ3n) is 6.36. The molecule has 2 aromatic rings. The Bertz CT molecular complexity index is 655. The van der Waals surface area contributed by atoms with Crippen molar-refractivity contribution in [3.8, 4) is 0 Å². The second kappa shape index (κ2) is 7.35. The number of aryl methyl sites for hydroxylation is 1. The van der Waals surface area contributed by atoms with Gasteiger partial charge in [-0.1, -0.05) is 81.3 Å². The molecule has 0 aliphatic heterocycles. The van der Waals surface area contributed by atoms with E-state index in [1.807, 2.05) is 0 Å². The quantitative estimate of drug-likeness (QED) is 0.560. The maximum absolute atomic E-state index is 2.53. The Balaban J connectivity index is 1.80. The molecular weight excluding hydrogens is 308 g/mol. The van der Waals surface area contributed by atoms with Gasteiger partial charge in [0.1, 0.15) is 0 Å². The summed E-state index contributed by atoms with van der Waals surface area (Å²) in [6.07, 6.45) is 5.51. The average molecular weight is 339 g/mol. The fraction of sp³-hybridized carbons (Fsp3) is 0.478. The van der Waals surface area contributed by atoms with Gasteiger partial charge in [0.2, 0.25) is 0 Å². The molecule has 0 radical (unpaired) electrons. The average Bonchev–Trinajstić information content (AvgIpc) is 3.05. The molecule has 1 fully saturated rings. The second-order valence-corrected chi connectivity index (χ2v) is 8.87. The number of hydrogen-bond donors (Lipinski definition) is 0. The molecule has 0 heterocycles. The maximum atomic E-state index is 2.53. The zero-order valence-corrected chi connectivity index (χ0v) is 16.2. The van der Waals surface area contributed by atoms with E-state index in [0.717, 1.165) is 5.75 Å². The number of thioether (sulfide) groups is 1. The van der Waals surface area contributed by atoms with Crippen molar-refractivity contribution in [2.75, 3.05) is 5.75 Å². The van der Waals surface area contributed by atoms with E-state index in [9.17, 15) is 0 Å². The van der Waals surface area contributed by atoms with Crippen LogP contribution in [-0.2, 0) is 11.2 Å². The molecule has 1 aliphatic carbocycles. The van der Waals surface area contributed by atoms with Crippen molar-refractivity contribution in [2.45, 2.75) is 57.6 Å². The predicted octanol–water partition coefficient (Wildman–Crippen LogP) is 6.77. The van der Waals surface area contributed by atoms with E-state index in [0.29, 0.717) is 5.41 Å². The summed E-state index contributed by atoms with van der Waals surface area (Å²) in [6, 6.07) is 20.0. The highest BCUT2D eigenvalue weighted by Crippen LogP contribution is 2.53. The first-order valence-electron chi connectivity index (χ1n) is 9.23. The van der Waals surface area contributed by atoms with Crippen LogP contribution < -0.4 is 0 Å². The third-order valence-corrected chi connectivity index (χ3v) is 7.66. The van der Waals surface area contributed by atoms with Gasteiger partial charge in [-0.15, -0.1) is 0 Å². The minimum atomic E-state index is 0.248. The molecule has 0 spiro atoms. The molecule has 128 valence electrons. The van der Waals surface area contributed by atoms with E-state index in [1.54, 1.807) is 0 Å². The number of benzene rings is 2. The van der Waals surface area contributed by atoms with Gasteiger partial charge >= 0.3 is 0 Å². The van der Waals surface area contributed by atoms with E-state index in [4.69, 9.17) is 0 Å². The molecule has 2 aromatic carbocycles. The fourth-order valence-electron chi connectivity index (χ4n) is 4.26. The van der Waals surface area contributed by atoms with Gasteiger partial charge in [-0.3, -0.25) is 0 Å². The SMILES string of the molecule is Cc1ccccc1CSCC(C)(c1ccccc1)C1(C)CCCC1. The summed E-state index contributed by atoms with van der Waals surface area (Å²) >= 11 is 2.11. The molecule has 0 N–H and O–H groups in total. The van der Waals surface area contributed by atoms with E-state index in [1.165, 1.54) is 48.1 Å². The molecule has 3 rings (SSSR count). The first-order chi connectivity index (χ1) is 11.6. The number of rotatable bonds is 6. The van der Waals surface area contributed by atoms with Crippen molar-refractivity contribution < 1.29 is 0 Å². The van der Waals surface area contributed by atoms with Gasteiger partial charge < -0.3 is 0 Å². The predicted molar refractivity (Wildman–Crippen MR) is 108 cm³/mol. The first-order valence-corrected chi connectivity index (χ1v) is 10.4. The lowest BCUT2D eigenvalue weighted by atomic mass is 9.62. The van der Waals surface area contributed by atoms with Gasteiger partial charge in [-0.25, -0.2) is 0 Å². The highest BCUT2D eigenvalue weighted by atomic mass is 32.2. The van der Waals surface area contributed by atoms with Crippen LogP contribution in [0.25, 0.3) is 0 Å². The monoisotopic (exact) mass is 338 g/mol. The second-order valence-electron chi connectivity index (χ2n) is 7.89. The Hall–Kier alpha value is -1.21. The Labute approximate surface area is 152 Å². The van der Waals surface area contributed by atoms with Crippen molar-refractivity contribution in [2.24, 2.45) is 5.41 Å². The lowest BCUT2D eigenvalue weighted by Gasteiger charge is -2.45. The minimum absolute atomic E-state index is 0.248. The maximum Gasteiger partial charge on any atom is 0.0187 e. The molecular formula is C23H30S. The summed E-state index contributed by atoms with van der Waals surface area (Å²) in [7, 11) is 0. The van der Waals surface area contributed by atoms with Crippen molar-refractivity contribution >= 4 is 11.8 Å². The minimum Gasteiger partial charge on any atom is -0.156 e.